The van der Waals surface area contributed by atoms with E-state index in [1.165, 1.54) is 71.3 Å². The van der Waals surface area contributed by atoms with Crippen LogP contribution >= 0.6 is 0 Å². The van der Waals surface area contributed by atoms with Gasteiger partial charge in [-0.25, -0.2) is 4.48 Å². The van der Waals surface area contributed by atoms with Crippen molar-refractivity contribution < 1.29 is 4.42 Å². The van der Waals surface area contributed by atoms with Gasteiger partial charge in [0.05, 0.1) is 18.1 Å². The highest BCUT2D eigenvalue weighted by atomic mass is 16.3. The Morgan fingerprint density at radius 1 is 0.362 bits per heavy atom. The lowest BCUT2D eigenvalue weighted by Crippen LogP contribution is -2.33. The molecule has 0 radical (unpaired) electrons. The summed E-state index contributed by atoms with van der Waals surface area (Å²) >= 11 is 0. The van der Waals surface area contributed by atoms with Crippen LogP contribution in [0.5, 0.6) is 0 Å². The first kappa shape index (κ1) is 32.8. The van der Waals surface area contributed by atoms with Gasteiger partial charge >= 0.3 is 0 Å². The van der Waals surface area contributed by atoms with Crippen LogP contribution in [0.2, 0.25) is 0 Å². The highest BCUT2D eigenvalue weighted by Crippen LogP contribution is 2.50. The average molecular weight is 742 g/mol. The predicted molar refractivity (Wildman–Crippen MR) is 246 cm³/mol. The lowest BCUT2D eigenvalue weighted by atomic mass is 9.89. The van der Waals surface area contributed by atoms with Gasteiger partial charge in [0.15, 0.2) is 0 Å². The Morgan fingerprint density at radius 2 is 0.879 bits per heavy atom. The maximum Gasteiger partial charge on any atom is 0.144 e. The minimum atomic E-state index is 0.513. The monoisotopic (exact) mass is 741 g/mol. The molecule has 0 spiro atoms. The number of nitrogens with zero attached hydrogens (tertiary/aromatic N) is 2. The number of hydrogen-bond donors (Lipinski definition) is 0. The predicted octanol–water partition coefficient (Wildman–Crippen LogP) is 15.4. The van der Waals surface area contributed by atoms with Gasteiger partial charge in [0.1, 0.15) is 28.2 Å². The molecule has 0 atom stereocenters. The van der Waals surface area contributed by atoms with Crippen LogP contribution in [0.25, 0.3) is 92.9 Å². The molecule has 3 nitrogen and oxygen atoms in total. The van der Waals surface area contributed by atoms with E-state index in [0.29, 0.717) is 4.48 Å². The molecule has 3 heteroatoms. The summed E-state index contributed by atoms with van der Waals surface area (Å²) in [6.07, 6.45) is 0. The topological polar surface area (TPSA) is 18.1 Å². The van der Waals surface area contributed by atoms with Crippen molar-refractivity contribution in [3.05, 3.63) is 206 Å². The fourth-order valence-electron chi connectivity index (χ4n) is 9.75. The summed E-state index contributed by atoms with van der Waals surface area (Å²) in [4.78, 5) is 0. The SMILES string of the molecule is C[N+](c1ccccc1)(c1ccccc1)c1ccc2c3c(-c4ccc5c6ccccc6c6ccccc6c5c4)c4c(cc3n(-c3ccccc3)c2c1)oc1ccccc14. The summed E-state index contributed by atoms with van der Waals surface area (Å²) in [7, 11) is 2.30. The zero-order valence-electron chi connectivity index (χ0n) is 31.9. The molecule has 0 aliphatic heterocycles. The van der Waals surface area contributed by atoms with Crippen molar-refractivity contribution in [2.24, 2.45) is 0 Å². The van der Waals surface area contributed by atoms with E-state index in [4.69, 9.17) is 4.42 Å². The molecule has 272 valence electrons. The highest BCUT2D eigenvalue weighted by Gasteiger charge is 2.33. The quantitative estimate of drug-likeness (QED) is 0.127. The first-order chi connectivity index (χ1) is 28.7. The molecule has 0 saturated carbocycles. The van der Waals surface area contributed by atoms with Gasteiger partial charge in [0, 0.05) is 51.0 Å². The summed E-state index contributed by atoms with van der Waals surface area (Å²) in [5.74, 6) is 0. The number of benzene rings is 10. The summed E-state index contributed by atoms with van der Waals surface area (Å²) in [6, 6.07) is 75.0. The van der Waals surface area contributed by atoms with Crippen molar-refractivity contribution in [3.63, 3.8) is 0 Å². The largest absolute Gasteiger partial charge is 0.456 e. The fourth-order valence-corrected chi connectivity index (χ4v) is 9.75. The Bertz CT molecular complexity index is 3490. The number of rotatable bonds is 5. The lowest BCUT2D eigenvalue weighted by Gasteiger charge is -2.33. The fraction of sp³-hybridized carbons (Fsp3) is 0.0182. The zero-order chi connectivity index (χ0) is 38.4. The Hall–Kier alpha value is -7.46. The van der Waals surface area contributed by atoms with E-state index >= 15 is 0 Å². The molecule has 0 amide bonds. The van der Waals surface area contributed by atoms with Gasteiger partial charge in [-0.3, -0.25) is 0 Å². The van der Waals surface area contributed by atoms with Crippen LogP contribution in [0, 0.1) is 0 Å². The molecule has 0 fully saturated rings. The Kier molecular flexibility index (Phi) is 7.07. The summed E-state index contributed by atoms with van der Waals surface area (Å²) in [5, 5.41) is 12.2. The maximum absolute atomic E-state index is 6.80. The number of fused-ring (bicyclic) bond motifs is 12. The first-order valence-electron chi connectivity index (χ1n) is 20.0. The van der Waals surface area contributed by atoms with E-state index in [9.17, 15) is 0 Å². The van der Waals surface area contributed by atoms with Crippen LogP contribution in [0.15, 0.2) is 211 Å². The van der Waals surface area contributed by atoms with Crippen molar-refractivity contribution in [2.75, 3.05) is 7.05 Å². The third kappa shape index (κ3) is 4.65. The Balaban J connectivity index is 1.24. The number of aromatic nitrogens is 1. The third-order valence-electron chi connectivity index (χ3n) is 12.5. The molecule has 10 aromatic carbocycles. The molecule has 0 bridgehead atoms. The van der Waals surface area contributed by atoms with Gasteiger partial charge in [-0.15, -0.1) is 0 Å². The Morgan fingerprint density at radius 3 is 1.52 bits per heavy atom. The standard InChI is InChI=1S/C55H37N2O/c1-57(38-19-7-3-8-20-38,39-21-9-4-10-22-39)40-30-32-46-49(34-40)56(37-17-5-2-6-18-37)50-35-52-55(47-27-15-16-28-51(47)58-52)53(54(46)50)36-29-31-45-43-25-12-11-23-41(43)42-24-13-14-26-44(42)48(45)33-36/h2-35H,1H3/q+1. The van der Waals surface area contributed by atoms with E-state index in [1.807, 2.05) is 0 Å². The number of quaternary nitrogens is 1. The molecular formula is C55H37N2O+. The first-order valence-corrected chi connectivity index (χ1v) is 20.0. The molecule has 0 saturated heterocycles. The van der Waals surface area contributed by atoms with Crippen molar-refractivity contribution in [1.82, 2.24) is 9.05 Å². The minimum absolute atomic E-state index is 0.513. The second kappa shape index (κ2) is 12.5. The molecule has 0 unspecified atom stereocenters. The molecule has 2 aromatic heterocycles. The number of furan rings is 1. The summed E-state index contributed by atoms with van der Waals surface area (Å²) < 4.78 is 9.75. The second-order valence-electron chi connectivity index (χ2n) is 15.5. The second-order valence-corrected chi connectivity index (χ2v) is 15.5. The van der Waals surface area contributed by atoms with Crippen molar-refractivity contribution >= 4 is 93.1 Å². The molecule has 0 N–H and O–H groups in total. The van der Waals surface area contributed by atoms with Crippen LogP contribution in [0.1, 0.15) is 0 Å². The molecule has 58 heavy (non-hydrogen) atoms. The normalized spacial score (nSPS) is 12.2. The van der Waals surface area contributed by atoms with Crippen LogP contribution < -0.4 is 4.48 Å². The molecule has 2 heterocycles. The smallest absolute Gasteiger partial charge is 0.144 e. The minimum Gasteiger partial charge on any atom is -0.456 e. The van der Waals surface area contributed by atoms with Gasteiger partial charge in [-0.2, -0.15) is 0 Å². The van der Waals surface area contributed by atoms with Crippen LogP contribution in [0.3, 0.4) is 0 Å². The van der Waals surface area contributed by atoms with Crippen LogP contribution in [-0.2, 0) is 0 Å². The van der Waals surface area contributed by atoms with Gasteiger partial charge in [0.25, 0.3) is 0 Å². The Labute approximate surface area is 335 Å². The molecular weight excluding hydrogens is 705 g/mol. The zero-order valence-corrected chi connectivity index (χ0v) is 31.9. The van der Waals surface area contributed by atoms with Crippen LogP contribution in [0.4, 0.5) is 17.1 Å². The van der Waals surface area contributed by atoms with Gasteiger partial charge in [-0.1, -0.05) is 133 Å². The maximum atomic E-state index is 6.80. The third-order valence-corrected chi connectivity index (χ3v) is 12.5. The summed E-state index contributed by atoms with van der Waals surface area (Å²) in [6.45, 7) is 0. The lowest BCUT2D eigenvalue weighted by molar-refractivity contribution is 0.628. The number of hydrogen-bond acceptors (Lipinski definition) is 1. The van der Waals surface area contributed by atoms with E-state index in [1.54, 1.807) is 0 Å². The summed E-state index contributed by atoms with van der Waals surface area (Å²) in [5.41, 5.74) is 11.0. The van der Waals surface area contributed by atoms with E-state index in [-0.39, 0.29) is 0 Å². The van der Waals surface area contributed by atoms with Gasteiger partial charge < -0.3 is 8.98 Å². The van der Waals surface area contributed by atoms with Crippen molar-refractivity contribution in [3.8, 4) is 16.8 Å². The molecule has 12 aromatic rings. The van der Waals surface area contributed by atoms with E-state index in [0.717, 1.165) is 38.7 Å². The molecule has 12 rings (SSSR count). The van der Waals surface area contributed by atoms with Gasteiger partial charge in [-0.05, 0) is 92.5 Å². The number of para-hydroxylation sites is 4. The van der Waals surface area contributed by atoms with Crippen molar-refractivity contribution in [1.29, 1.82) is 0 Å². The van der Waals surface area contributed by atoms with Crippen molar-refractivity contribution in [2.45, 2.75) is 0 Å². The van der Waals surface area contributed by atoms with Crippen LogP contribution in [-0.4, -0.2) is 11.6 Å². The molecule has 0 aliphatic rings. The van der Waals surface area contributed by atoms with Gasteiger partial charge in [0.2, 0.25) is 0 Å². The highest BCUT2D eigenvalue weighted by molar-refractivity contribution is 6.29. The van der Waals surface area contributed by atoms with E-state index < -0.39 is 0 Å². The van der Waals surface area contributed by atoms with E-state index in [2.05, 4.69) is 218 Å². The average Bonchev–Trinajstić information content (AvgIpc) is 3.83. The molecule has 0 aliphatic carbocycles.